The van der Waals surface area contributed by atoms with Crippen molar-refractivity contribution in [3.8, 4) is 0 Å². The monoisotopic (exact) mass is 187 g/mol. The molecule has 0 radical (unpaired) electrons. The van der Waals surface area contributed by atoms with Crippen molar-refractivity contribution >= 4 is 6.08 Å². The third-order valence-corrected chi connectivity index (χ3v) is 2.67. The van der Waals surface area contributed by atoms with E-state index in [9.17, 15) is 0 Å². The van der Waals surface area contributed by atoms with Crippen LogP contribution in [0.25, 0.3) is 6.08 Å². The molecule has 1 saturated heterocycles. The fourth-order valence-corrected chi connectivity index (χ4v) is 1.83. The van der Waals surface area contributed by atoms with Gasteiger partial charge in [-0.25, -0.2) is 0 Å². The molecule has 0 bridgehead atoms. The van der Waals surface area contributed by atoms with Crippen molar-refractivity contribution < 1.29 is 0 Å². The van der Waals surface area contributed by atoms with Crippen LogP contribution in [0.15, 0.2) is 36.4 Å². The number of benzene rings is 1. The van der Waals surface area contributed by atoms with Crippen molar-refractivity contribution in [1.82, 2.24) is 5.32 Å². The van der Waals surface area contributed by atoms with Gasteiger partial charge in [0.1, 0.15) is 0 Å². The smallest absolute Gasteiger partial charge is 0.0253 e. The summed E-state index contributed by atoms with van der Waals surface area (Å²) in [5, 5.41) is 3.50. The summed E-state index contributed by atoms with van der Waals surface area (Å²) < 4.78 is 0. The number of hydrogen-bond acceptors (Lipinski definition) is 1. The first-order valence-electron chi connectivity index (χ1n) is 5.42. The zero-order valence-electron chi connectivity index (χ0n) is 8.45. The summed E-state index contributed by atoms with van der Waals surface area (Å²) in [5.41, 5.74) is 1.29. The molecule has 1 N–H and O–H groups in total. The van der Waals surface area contributed by atoms with Gasteiger partial charge >= 0.3 is 0 Å². The molecular formula is C13H17N. The van der Waals surface area contributed by atoms with Crippen LogP contribution in [-0.2, 0) is 0 Å². The number of hydrogen-bond donors (Lipinski definition) is 1. The Bertz CT molecular complexity index is 283. The van der Waals surface area contributed by atoms with Crippen LogP contribution in [0.1, 0.15) is 24.8 Å². The lowest BCUT2D eigenvalue weighted by atomic mass is 10.0. The first-order chi connectivity index (χ1) is 6.95. The molecule has 1 heterocycles. The molecule has 2 rings (SSSR count). The topological polar surface area (TPSA) is 12.0 Å². The third-order valence-electron chi connectivity index (χ3n) is 2.67. The molecule has 1 nitrogen and oxygen atoms in total. The second-order valence-electron chi connectivity index (χ2n) is 3.83. The summed E-state index contributed by atoms with van der Waals surface area (Å²) in [6, 6.07) is 11.1. The molecule has 1 aliphatic heterocycles. The minimum Gasteiger partial charge on any atom is -0.311 e. The van der Waals surface area contributed by atoms with Crippen LogP contribution in [0.3, 0.4) is 0 Å². The van der Waals surface area contributed by atoms with Gasteiger partial charge in [-0.1, -0.05) is 48.9 Å². The molecule has 0 amide bonds. The van der Waals surface area contributed by atoms with E-state index in [2.05, 4.69) is 47.8 Å². The van der Waals surface area contributed by atoms with E-state index in [1.165, 1.54) is 31.4 Å². The van der Waals surface area contributed by atoms with E-state index in [1.807, 2.05) is 0 Å². The van der Waals surface area contributed by atoms with Gasteiger partial charge in [0.05, 0.1) is 0 Å². The van der Waals surface area contributed by atoms with Gasteiger partial charge < -0.3 is 5.32 Å². The van der Waals surface area contributed by atoms with Gasteiger partial charge in [-0.3, -0.25) is 0 Å². The number of rotatable bonds is 2. The second-order valence-corrected chi connectivity index (χ2v) is 3.83. The highest BCUT2D eigenvalue weighted by molar-refractivity contribution is 5.49. The third kappa shape index (κ3) is 2.71. The van der Waals surface area contributed by atoms with Crippen LogP contribution in [0.5, 0.6) is 0 Å². The van der Waals surface area contributed by atoms with Crippen LogP contribution in [0.4, 0.5) is 0 Å². The van der Waals surface area contributed by atoms with E-state index in [-0.39, 0.29) is 0 Å². The van der Waals surface area contributed by atoms with Crippen LogP contribution >= 0.6 is 0 Å². The Morgan fingerprint density at radius 3 is 2.71 bits per heavy atom. The molecule has 1 aromatic carbocycles. The predicted octanol–water partition coefficient (Wildman–Crippen LogP) is 2.84. The number of nitrogens with one attached hydrogen (secondary N) is 1. The summed E-state index contributed by atoms with van der Waals surface area (Å²) >= 11 is 0. The minimum absolute atomic E-state index is 0.587. The average molecular weight is 187 g/mol. The van der Waals surface area contributed by atoms with Gasteiger partial charge in [0.25, 0.3) is 0 Å². The Hall–Kier alpha value is -1.08. The Balaban J connectivity index is 1.93. The van der Waals surface area contributed by atoms with E-state index < -0.39 is 0 Å². The van der Waals surface area contributed by atoms with Gasteiger partial charge in [-0.05, 0) is 24.9 Å². The summed E-state index contributed by atoms with van der Waals surface area (Å²) in [7, 11) is 0. The van der Waals surface area contributed by atoms with Gasteiger partial charge in [-0.15, -0.1) is 0 Å². The van der Waals surface area contributed by atoms with Gasteiger partial charge in [0, 0.05) is 6.04 Å². The maximum absolute atomic E-state index is 3.50. The quantitative estimate of drug-likeness (QED) is 0.750. The molecule has 1 aliphatic rings. The fraction of sp³-hybridized carbons (Fsp3) is 0.385. The van der Waals surface area contributed by atoms with Crippen LogP contribution in [-0.4, -0.2) is 12.6 Å². The molecule has 74 valence electrons. The van der Waals surface area contributed by atoms with E-state index in [0.29, 0.717) is 6.04 Å². The minimum atomic E-state index is 0.587. The molecule has 1 aromatic rings. The van der Waals surface area contributed by atoms with Crippen molar-refractivity contribution in [3.05, 3.63) is 42.0 Å². The maximum Gasteiger partial charge on any atom is 0.0253 e. The van der Waals surface area contributed by atoms with Gasteiger partial charge in [-0.2, -0.15) is 0 Å². The Morgan fingerprint density at radius 2 is 2.00 bits per heavy atom. The zero-order valence-corrected chi connectivity index (χ0v) is 8.45. The number of piperidine rings is 1. The maximum atomic E-state index is 3.50. The lowest BCUT2D eigenvalue weighted by molar-refractivity contribution is 0.455. The Morgan fingerprint density at radius 1 is 1.14 bits per heavy atom. The first-order valence-corrected chi connectivity index (χ1v) is 5.42. The van der Waals surface area contributed by atoms with Crippen molar-refractivity contribution in [1.29, 1.82) is 0 Å². The fourth-order valence-electron chi connectivity index (χ4n) is 1.83. The first kappa shape index (κ1) is 9.47. The normalized spacial score (nSPS) is 22.7. The van der Waals surface area contributed by atoms with E-state index in [1.54, 1.807) is 0 Å². The Labute approximate surface area is 85.8 Å². The lowest BCUT2D eigenvalue weighted by Gasteiger charge is -2.19. The van der Waals surface area contributed by atoms with Crippen LogP contribution in [0.2, 0.25) is 0 Å². The molecule has 1 heteroatoms. The van der Waals surface area contributed by atoms with Crippen LogP contribution < -0.4 is 5.32 Å². The standard InChI is InChI=1S/C13H17N/c1-2-6-12(7-3-1)9-10-13-8-4-5-11-14-13/h1-3,6-7,9-10,13-14H,4-5,8,11H2. The molecule has 1 fully saturated rings. The average Bonchev–Trinajstić information content (AvgIpc) is 2.29. The molecule has 0 saturated carbocycles. The molecule has 0 spiro atoms. The van der Waals surface area contributed by atoms with Gasteiger partial charge in [0.2, 0.25) is 0 Å². The van der Waals surface area contributed by atoms with Crippen LogP contribution in [0, 0.1) is 0 Å². The van der Waals surface area contributed by atoms with Gasteiger partial charge in [0.15, 0.2) is 0 Å². The van der Waals surface area contributed by atoms with Crippen molar-refractivity contribution in [3.63, 3.8) is 0 Å². The molecule has 14 heavy (non-hydrogen) atoms. The summed E-state index contributed by atoms with van der Waals surface area (Å²) in [6.45, 7) is 1.17. The summed E-state index contributed by atoms with van der Waals surface area (Å²) in [5.74, 6) is 0. The van der Waals surface area contributed by atoms with Crippen molar-refractivity contribution in [2.75, 3.05) is 6.54 Å². The highest BCUT2D eigenvalue weighted by Gasteiger charge is 2.07. The van der Waals surface area contributed by atoms with Crippen molar-refractivity contribution in [2.24, 2.45) is 0 Å². The molecule has 1 unspecified atom stereocenters. The second kappa shape index (κ2) is 4.97. The predicted molar refractivity (Wildman–Crippen MR) is 61.1 cm³/mol. The van der Waals surface area contributed by atoms with E-state index >= 15 is 0 Å². The largest absolute Gasteiger partial charge is 0.311 e. The Kier molecular flexibility index (Phi) is 3.36. The molecule has 0 aliphatic carbocycles. The molecule has 1 atom stereocenters. The van der Waals surface area contributed by atoms with Crippen molar-refractivity contribution in [2.45, 2.75) is 25.3 Å². The zero-order chi connectivity index (χ0) is 9.64. The highest BCUT2D eigenvalue weighted by Crippen LogP contribution is 2.10. The SMILES string of the molecule is C(=CC1CCCCN1)c1ccccc1. The van der Waals surface area contributed by atoms with E-state index in [4.69, 9.17) is 0 Å². The molecule has 0 aromatic heterocycles. The van der Waals surface area contributed by atoms with E-state index in [0.717, 1.165) is 0 Å². The summed E-state index contributed by atoms with van der Waals surface area (Å²) in [4.78, 5) is 0. The highest BCUT2D eigenvalue weighted by atomic mass is 14.9. The molecular weight excluding hydrogens is 170 g/mol. The summed E-state index contributed by atoms with van der Waals surface area (Å²) in [6.07, 6.45) is 8.47. The lowest BCUT2D eigenvalue weighted by Crippen LogP contribution is -2.31.